The van der Waals surface area contributed by atoms with Gasteiger partial charge in [-0.1, -0.05) is 24.3 Å². The minimum Gasteiger partial charge on any atom is -0.493 e. The second-order valence-electron chi connectivity index (χ2n) is 9.72. The molecule has 0 radical (unpaired) electrons. The van der Waals surface area contributed by atoms with E-state index < -0.39 is 5.79 Å². The van der Waals surface area contributed by atoms with E-state index in [1.54, 1.807) is 7.11 Å². The molecule has 2 aromatic carbocycles. The van der Waals surface area contributed by atoms with Gasteiger partial charge in [0.15, 0.2) is 17.6 Å². The number of piperidine rings is 1. The third kappa shape index (κ3) is 2.49. The minimum absolute atomic E-state index is 0.0478. The molecule has 3 heterocycles. The molecule has 5 aliphatic rings. The maximum Gasteiger partial charge on any atom is 0.415 e. The second-order valence-corrected chi connectivity index (χ2v) is 9.72. The molecular formula is C26H27NO6. The van der Waals surface area contributed by atoms with Crippen molar-refractivity contribution in [3.05, 3.63) is 53.6 Å². The average molecular weight is 450 g/mol. The Balaban J connectivity index is 1.32. The lowest BCUT2D eigenvalue weighted by molar-refractivity contribution is -0.260. The van der Waals surface area contributed by atoms with Crippen LogP contribution in [0.1, 0.15) is 30.4 Å². The predicted molar refractivity (Wildman–Crippen MR) is 118 cm³/mol. The van der Waals surface area contributed by atoms with Gasteiger partial charge < -0.3 is 28.6 Å². The van der Waals surface area contributed by atoms with Crippen molar-refractivity contribution in [2.24, 2.45) is 5.92 Å². The topological polar surface area (TPSA) is 66.5 Å². The van der Waals surface area contributed by atoms with Gasteiger partial charge in [-0.25, -0.2) is 4.79 Å². The van der Waals surface area contributed by atoms with Crippen molar-refractivity contribution >= 4 is 6.09 Å². The summed E-state index contributed by atoms with van der Waals surface area (Å²) in [7, 11) is 1.69. The van der Waals surface area contributed by atoms with Gasteiger partial charge in [0.05, 0.1) is 20.3 Å². The molecule has 7 nitrogen and oxygen atoms in total. The van der Waals surface area contributed by atoms with E-state index in [1.807, 2.05) is 41.3 Å². The molecular weight excluding hydrogens is 422 g/mol. The fourth-order valence-corrected chi connectivity index (χ4v) is 7.31. The number of para-hydroxylation sites is 1. The van der Waals surface area contributed by atoms with E-state index >= 15 is 0 Å². The van der Waals surface area contributed by atoms with Gasteiger partial charge in [0, 0.05) is 30.0 Å². The number of fused-ring (bicyclic) bond motifs is 1. The lowest BCUT2D eigenvalue weighted by Gasteiger charge is -2.60. The number of rotatable bonds is 2. The van der Waals surface area contributed by atoms with Crippen LogP contribution < -0.4 is 14.2 Å². The predicted octanol–water partition coefficient (Wildman–Crippen LogP) is 3.68. The normalized spacial score (nSPS) is 32.3. The highest BCUT2D eigenvalue weighted by molar-refractivity contribution is 5.72. The molecule has 1 unspecified atom stereocenters. The van der Waals surface area contributed by atoms with Gasteiger partial charge in [-0.05, 0) is 48.9 Å². The maximum absolute atomic E-state index is 13.3. The van der Waals surface area contributed by atoms with Crippen LogP contribution in [0.3, 0.4) is 0 Å². The molecule has 2 spiro atoms. The molecule has 3 fully saturated rings. The Labute approximate surface area is 192 Å². The minimum atomic E-state index is -0.730. The van der Waals surface area contributed by atoms with Gasteiger partial charge in [-0.2, -0.15) is 0 Å². The maximum atomic E-state index is 13.3. The van der Waals surface area contributed by atoms with Crippen LogP contribution in [0.5, 0.6) is 17.2 Å². The Morgan fingerprint density at radius 3 is 2.70 bits per heavy atom. The van der Waals surface area contributed by atoms with E-state index in [4.69, 9.17) is 23.7 Å². The van der Waals surface area contributed by atoms with Crippen LogP contribution in [0.15, 0.2) is 42.5 Å². The molecule has 1 amide bonds. The SMILES string of the molecule is COc1ccc2c3c1O[C@@H]1C4(CC[C@@H]5C(C2)N(C(=O)Oc2ccccc2)CC[C@]351)OCCO4. The van der Waals surface area contributed by atoms with E-state index in [-0.39, 0.29) is 29.6 Å². The molecule has 0 aromatic heterocycles. The largest absolute Gasteiger partial charge is 0.493 e. The number of likely N-dealkylation sites (tertiary alicyclic amines) is 1. The fourth-order valence-electron chi connectivity index (χ4n) is 7.31. The van der Waals surface area contributed by atoms with Gasteiger partial charge >= 0.3 is 6.09 Å². The number of nitrogens with zero attached hydrogens (tertiary/aromatic N) is 1. The first-order chi connectivity index (χ1) is 16.2. The number of hydrogen-bond donors (Lipinski definition) is 0. The molecule has 3 aliphatic heterocycles. The van der Waals surface area contributed by atoms with Crippen LogP contribution in [0, 0.1) is 5.92 Å². The van der Waals surface area contributed by atoms with E-state index in [0.29, 0.717) is 25.5 Å². The van der Waals surface area contributed by atoms with Crippen LogP contribution in [-0.4, -0.2) is 55.8 Å². The average Bonchev–Trinajstić information content (AvgIpc) is 3.44. The lowest BCUT2D eigenvalue weighted by Crippen LogP contribution is -2.71. The number of ether oxygens (including phenoxy) is 5. The van der Waals surface area contributed by atoms with E-state index in [0.717, 1.165) is 37.2 Å². The Hall–Kier alpha value is -2.77. The summed E-state index contributed by atoms with van der Waals surface area (Å²) in [4.78, 5) is 15.2. The van der Waals surface area contributed by atoms with E-state index in [2.05, 4.69) is 6.07 Å². The monoisotopic (exact) mass is 449 g/mol. The number of amides is 1. The standard InChI is InChI=1S/C26H27NO6/c1-29-20-8-7-16-15-19-18-9-10-26(30-13-14-31-26)23-25(18,21(16)22(20)33-23)11-12-27(19)24(28)32-17-5-3-2-4-6-17/h2-8,18-19,23H,9-15H2,1H3/t18-,19?,23+,25-/m1/s1. The molecule has 2 aromatic rings. The highest BCUT2D eigenvalue weighted by Gasteiger charge is 2.72. The van der Waals surface area contributed by atoms with Crippen molar-refractivity contribution in [1.82, 2.24) is 4.90 Å². The highest BCUT2D eigenvalue weighted by atomic mass is 16.8. The number of hydrogen-bond acceptors (Lipinski definition) is 6. The summed E-state index contributed by atoms with van der Waals surface area (Å²) >= 11 is 0. The van der Waals surface area contributed by atoms with Crippen molar-refractivity contribution in [2.75, 3.05) is 26.9 Å². The Bertz CT molecular complexity index is 1110. The van der Waals surface area contributed by atoms with Gasteiger partial charge in [-0.15, -0.1) is 0 Å². The van der Waals surface area contributed by atoms with Crippen LogP contribution in [0.25, 0.3) is 0 Å². The van der Waals surface area contributed by atoms with Gasteiger partial charge in [0.2, 0.25) is 5.79 Å². The van der Waals surface area contributed by atoms with Crippen LogP contribution in [0.2, 0.25) is 0 Å². The van der Waals surface area contributed by atoms with Gasteiger partial charge in [0.1, 0.15) is 5.75 Å². The number of methoxy groups -OCH3 is 1. The Morgan fingerprint density at radius 1 is 1.09 bits per heavy atom. The molecule has 4 atom stereocenters. The van der Waals surface area contributed by atoms with Gasteiger partial charge in [0.25, 0.3) is 0 Å². The molecule has 0 N–H and O–H groups in total. The lowest BCUT2D eigenvalue weighted by atomic mass is 9.50. The zero-order valence-corrected chi connectivity index (χ0v) is 18.6. The Morgan fingerprint density at radius 2 is 1.91 bits per heavy atom. The fraction of sp³-hybridized carbons (Fsp3) is 0.500. The van der Waals surface area contributed by atoms with E-state index in [1.165, 1.54) is 11.1 Å². The Kier molecular flexibility index (Phi) is 4.10. The van der Waals surface area contributed by atoms with Crippen LogP contribution in [0.4, 0.5) is 4.79 Å². The van der Waals surface area contributed by atoms with Crippen molar-refractivity contribution in [3.8, 4) is 17.2 Å². The third-order valence-electron chi connectivity index (χ3n) is 8.48. The zero-order valence-electron chi connectivity index (χ0n) is 18.6. The quantitative estimate of drug-likeness (QED) is 0.697. The molecule has 2 aliphatic carbocycles. The molecule has 7 heteroatoms. The second kappa shape index (κ2) is 6.87. The van der Waals surface area contributed by atoms with Crippen molar-refractivity contribution < 1.29 is 28.5 Å². The van der Waals surface area contributed by atoms with Crippen molar-refractivity contribution in [1.29, 1.82) is 0 Å². The molecule has 33 heavy (non-hydrogen) atoms. The summed E-state index contributed by atoms with van der Waals surface area (Å²) in [5.41, 5.74) is 2.22. The summed E-state index contributed by atoms with van der Waals surface area (Å²) in [5.74, 6) is 1.69. The van der Waals surface area contributed by atoms with Crippen LogP contribution in [-0.2, 0) is 21.3 Å². The molecule has 2 bridgehead atoms. The number of carbonyl (C=O) groups excluding carboxylic acids is 1. The van der Waals surface area contributed by atoms with Gasteiger partial charge in [-0.3, -0.25) is 0 Å². The molecule has 7 rings (SSSR count). The summed E-state index contributed by atoms with van der Waals surface area (Å²) in [6.07, 6.45) is 2.72. The highest BCUT2D eigenvalue weighted by Crippen LogP contribution is 2.66. The summed E-state index contributed by atoms with van der Waals surface area (Å²) in [6.45, 7) is 1.78. The summed E-state index contributed by atoms with van der Waals surface area (Å²) < 4.78 is 30.7. The number of carbonyl (C=O) groups is 1. The third-order valence-corrected chi connectivity index (χ3v) is 8.48. The van der Waals surface area contributed by atoms with Crippen LogP contribution >= 0.6 is 0 Å². The molecule has 2 saturated heterocycles. The molecule has 172 valence electrons. The first-order valence-electron chi connectivity index (χ1n) is 11.8. The smallest absolute Gasteiger partial charge is 0.415 e. The zero-order chi connectivity index (χ0) is 22.2. The molecule has 1 saturated carbocycles. The van der Waals surface area contributed by atoms with Crippen molar-refractivity contribution in [2.45, 2.75) is 49.0 Å². The first kappa shape index (κ1) is 19.7. The van der Waals surface area contributed by atoms with Crippen molar-refractivity contribution in [3.63, 3.8) is 0 Å². The first-order valence-corrected chi connectivity index (χ1v) is 11.8. The summed E-state index contributed by atoms with van der Waals surface area (Å²) in [6, 6.07) is 13.5. The van der Waals surface area contributed by atoms with E-state index in [9.17, 15) is 4.79 Å². The summed E-state index contributed by atoms with van der Waals surface area (Å²) in [5, 5.41) is 0. The number of benzene rings is 2.